The molecule has 0 aliphatic heterocycles. The molecule has 2 atom stereocenters. The van der Waals surface area contributed by atoms with Crippen LogP contribution in [0.2, 0.25) is 0 Å². The lowest BCUT2D eigenvalue weighted by molar-refractivity contribution is 0.249. The lowest BCUT2D eigenvalue weighted by Gasteiger charge is -2.29. The predicted octanol–water partition coefficient (Wildman–Crippen LogP) is 2.63. The molecule has 0 aromatic rings. The molecule has 3 nitrogen and oxygen atoms in total. The summed E-state index contributed by atoms with van der Waals surface area (Å²) in [5, 5.41) is 12.6. The average Bonchev–Trinajstić information content (AvgIpc) is 2.25. The fourth-order valence-corrected chi connectivity index (χ4v) is 1.96. The van der Waals surface area contributed by atoms with Crippen molar-refractivity contribution in [2.75, 3.05) is 20.1 Å². The van der Waals surface area contributed by atoms with E-state index < -0.39 is 5.54 Å². The van der Waals surface area contributed by atoms with Crippen molar-refractivity contribution in [1.29, 1.82) is 5.26 Å². The lowest BCUT2D eigenvalue weighted by Crippen LogP contribution is -2.47. The minimum Gasteiger partial charge on any atom is -0.306 e. The van der Waals surface area contributed by atoms with Gasteiger partial charge in [-0.3, -0.25) is 5.32 Å². The first kappa shape index (κ1) is 16.4. The van der Waals surface area contributed by atoms with Crippen LogP contribution in [0.5, 0.6) is 0 Å². The Morgan fingerprint density at radius 1 is 1.35 bits per heavy atom. The Kier molecular flexibility index (Phi) is 7.41. The number of hydrogen-bond acceptors (Lipinski definition) is 3. The monoisotopic (exact) mass is 239 g/mol. The lowest BCUT2D eigenvalue weighted by atomic mass is 9.98. The average molecular weight is 239 g/mol. The Bertz CT molecular complexity index is 244. The van der Waals surface area contributed by atoms with E-state index in [-0.39, 0.29) is 0 Å². The van der Waals surface area contributed by atoms with Crippen molar-refractivity contribution in [2.24, 2.45) is 5.92 Å². The molecule has 0 rings (SSSR count). The third-order valence-corrected chi connectivity index (χ3v) is 3.17. The number of rotatable bonds is 8. The molecule has 0 spiro atoms. The summed E-state index contributed by atoms with van der Waals surface area (Å²) in [6.45, 7) is 12.7. The quantitative estimate of drug-likeness (QED) is 0.708. The fraction of sp³-hybridized carbons (Fsp3) is 0.929. The number of hydrogen-bond donors (Lipinski definition) is 1. The summed E-state index contributed by atoms with van der Waals surface area (Å²) in [4.78, 5) is 2.33. The highest BCUT2D eigenvalue weighted by molar-refractivity contribution is 5.04. The van der Waals surface area contributed by atoms with Crippen molar-refractivity contribution in [2.45, 2.75) is 59.0 Å². The molecule has 0 amide bonds. The van der Waals surface area contributed by atoms with Gasteiger partial charge >= 0.3 is 0 Å². The highest BCUT2D eigenvalue weighted by Gasteiger charge is 2.24. The second-order valence-electron chi connectivity index (χ2n) is 5.77. The van der Waals surface area contributed by atoms with Crippen LogP contribution in [-0.4, -0.2) is 36.6 Å². The molecule has 0 heterocycles. The first-order valence-electron chi connectivity index (χ1n) is 6.70. The predicted molar refractivity (Wildman–Crippen MR) is 73.9 cm³/mol. The SMILES string of the molecule is CCC(C)CN(C)CCC(C)(C#N)NC(C)C. The molecular weight excluding hydrogens is 210 g/mol. The molecule has 0 bridgehead atoms. The molecule has 0 saturated heterocycles. The van der Waals surface area contributed by atoms with E-state index in [0.29, 0.717) is 6.04 Å². The maximum absolute atomic E-state index is 9.24. The van der Waals surface area contributed by atoms with Crippen LogP contribution in [0.15, 0.2) is 0 Å². The van der Waals surface area contributed by atoms with E-state index in [2.05, 4.69) is 51.0 Å². The summed E-state index contributed by atoms with van der Waals surface area (Å²) >= 11 is 0. The van der Waals surface area contributed by atoms with Crippen LogP contribution in [0, 0.1) is 17.2 Å². The molecule has 0 radical (unpaired) electrons. The Hall–Kier alpha value is -0.590. The van der Waals surface area contributed by atoms with Gasteiger partial charge in [-0.2, -0.15) is 5.26 Å². The van der Waals surface area contributed by atoms with Gasteiger partial charge in [-0.25, -0.2) is 0 Å². The highest BCUT2D eigenvalue weighted by Crippen LogP contribution is 2.11. The molecule has 0 aromatic carbocycles. The van der Waals surface area contributed by atoms with Gasteiger partial charge in [0, 0.05) is 19.1 Å². The first-order chi connectivity index (χ1) is 7.83. The van der Waals surface area contributed by atoms with Gasteiger partial charge < -0.3 is 4.90 Å². The van der Waals surface area contributed by atoms with Crippen molar-refractivity contribution in [3.63, 3.8) is 0 Å². The second kappa shape index (κ2) is 7.68. The minimum absolute atomic E-state index is 0.347. The first-order valence-corrected chi connectivity index (χ1v) is 6.70. The molecule has 3 heteroatoms. The molecule has 0 saturated carbocycles. The molecule has 2 unspecified atom stereocenters. The van der Waals surface area contributed by atoms with Gasteiger partial charge in [-0.05, 0) is 40.2 Å². The highest BCUT2D eigenvalue weighted by atomic mass is 15.1. The smallest absolute Gasteiger partial charge is 0.105 e. The maximum Gasteiger partial charge on any atom is 0.105 e. The molecule has 0 aliphatic carbocycles. The van der Waals surface area contributed by atoms with Crippen LogP contribution in [0.4, 0.5) is 0 Å². The number of nitriles is 1. The Labute approximate surface area is 107 Å². The molecular formula is C14H29N3. The summed E-state index contributed by atoms with van der Waals surface area (Å²) in [5.74, 6) is 0.728. The van der Waals surface area contributed by atoms with Crippen LogP contribution >= 0.6 is 0 Å². The summed E-state index contributed by atoms with van der Waals surface area (Å²) in [6, 6.07) is 2.74. The third kappa shape index (κ3) is 7.36. The van der Waals surface area contributed by atoms with Crippen molar-refractivity contribution >= 4 is 0 Å². The van der Waals surface area contributed by atoms with E-state index in [1.807, 2.05) is 6.92 Å². The van der Waals surface area contributed by atoms with Gasteiger partial charge in [-0.1, -0.05) is 20.3 Å². The zero-order valence-electron chi connectivity index (χ0n) is 12.4. The normalized spacial score (nSPS) is 16.9. The van der Waals surface area contributed by atoms with Crippen LogP contribution in [0.1, 0.15) is 47.5 Å². The van der Waals surface area contributed by atoms with Crippen molar-refractivity contribution in [3.8, 4) is 6.07 Å². The van der Waals surface area contributed by atoms with Crippen LogP contribution in [0.3, 0.4) is 0 Å². The van der Waals surface area contributed by atoms with Crippen molar-refractivity contribution in [1.82, 2.24) is 10.2 Å². The van der Waals surface area contributed by atoms with Crippen LogP contribution in [0.25, 0.3) is 0 Å². The van der Waals surface area contributed by atoms with Crippen LogP contribution in [-0.2, 0) is 0 Å². The number of nitrogens with one attached hydrogen (secondary N) is 1. The van der Waals surface area contributed by atoms with E-state index in [1.54, 1.807) is 0 Å². The van der Waals surface area contributed by atoms with E-state index in [9.17, 15) is 5.26 Å². The van der Waals surface area contributed by atoms with Gasteiger partial charge in [0.1, 0.15) is 5.54 Å². The van der Waals surface area contributed by atoms with Gasteiger partial charge in [0.25, 0.3) is 0 Å². The molecule has 1 N–H and O–H groups in total. The maximum atomic E-state index is 9.24. The third-order valence-electron chi connectivity index (χ3n) is 3.17. The molecule has 0 aromatic heterocycles. The minimum atomic E-state index is -0.405. The van der Waals surface area contributed by atoms with Crippen molar-refractivity contribution < 1.29 is 0 Å². The zero-order chi connectivity index (χ0) is 13.5. The Balaban J connectivity index is 4.10. The Morgan fingerprint density at radius 3 is 2.35 bits per heavy atom. The summed E-state index contributed by atoms with van der Waals surface area (Å²) in [6.07, 6.45) is 2.08. The van der Waals surface area contributed by atoms with E-state index >= 15 is 0 Å². The molecule has 100 valence electrons. The second-order valence-corrected chi connectivity index (χ2v) is 5.77. The van der Waals surface area contributed by atoms with Gasteiger partial charge in [0.15, 0.2) is 0 Å². The number of nitrogens with zero attached hydrogens (tertiary/aromatic N) is 2. The molecule has 0 fully saturated rings. The standard InChI is InChI=1S/C14H29N3/c1-7-13(4)10-17(6)9-8-14(5,11-15)16-12(2)3/h12-13,16H,7-10H2,1-6H3. The largest absolute Gasteiger partial charge is 0.306 e. The van der Waals surface area contributed by atoms with Gasteiger partial charge in [-0.15, -0.1) is 0 Å². The fourth-order valence-electron chi connectivity index (χ4n) is 1.96. The van der Waals surface area contributed by atoms with Gasteiger partial charge in [0.2, 0.25) is 0 Å². The topological polar surface area (TPSA) is 39.1 Å². The summed E-state index contributed by atoms with van der Waals surface area (Å²) in [7, 11) is 2.14. The van der Waals surface area contributed by atoms with Crippen LogP contribution < -0.4 is 5.32 Å². The summed E-state index contributed by atoms with van der Waals surface area (Å²) < 4.78 is 0. The van der Waals surface area contributed by atoms with Gasteiger partial charge in [0.05, 0.1) is 6.07 Å². The zero-order valence-corrected chi connectivity index (χ0v) is 12.4. The van der Waals surface area contributed by atoms with E-state index in [1.165, 1.54) is 6.42 Å². The molecule has 0 aliphatic rings. The van der Waals surface area contributed by atoms with E-state index in [4.69, 9.17) is 0 Å². The van der Waals surface area contributed by atoms with Crippen molar-refractivity contribution in [3.05, 3.63) is 0 Å². The summed E-state index contributed by atoms with van der Waals surface area (Å²) in [5.41, 5.74) is -0.405. The Morgan fingerprint density at radius 2 is 1.94 bits per heavy atom. The van der Waals surface area contributed by atoms with E-state index in [0.717, 1.165) is 25.4 Å². The molecule has 17 heavy (non-hydrogen) atoms.